The van der Waals surface area contributed by atoms with E-state index < -0.39 is 11.6 Å². The van der Waals surface area contributed by atoms with Crippen molar-refractivity contribution in [2.24, 2.45) is 17.8 Å². The molecule has 0 N–H and O–H groups in total. The molecule has 0 saturated heterocycles. The summed E-state index contributed by atoms with van der Waals surface area (Å²) in [6, 6.07) is 15.3. The third-order valence-corrected chi connectivity index (χ3v) is 9.34. The van der Waals surface area contributed by atoms with Crippen LogP contribution in [0.5, 0.6) is 5.75 Å². The van der Waals surface area contributed by atoms with Crippen molar-refractivity contribution in [3.05, 3.63) is 83.7 Å². The monoisotopic (exact) mass is 546 g/mol. The first-order chi connectivity index (χ1) is 19.5. The van der Waals surface area contributed by atoms with Crippen LogP contribution in [0.15, 0.2) is 60.7 Å². The average Bonchev–Trinajstić information content (AvgIpc) is 2.99. The zero-order chi connectivity index (χ0) is 28.1. The van der Waals surface area contributed by atoms with E-state index in [4.69, 9.17) is 4.74 Å². The van der Waals surface area contributed by atoms with Gasteiger partial charge in [-0.1, -0.05) is 87.9 Å². The summed E-state index contributed by atoms with van der Waals surface area (Å²) in [4.78, 5) is 0. The van der Waals surface area contributed by atoms with Gasteiger partial charge in [0.05, 0.1) is 7.11 Å². The minimum atomic E-state index is -1.01. The molecule has 0 heterocycles. The van der Waals surface area contributed by atoms with Crippen molar-refractivity contribution in [3.63, 3.8) is 0 Å². The molecule has 2 aliphatic carbocycles. The standard InChI is InChI=1S/C36H41F3O/c1-3-4-5-6-24-7-9-25(10-8-24)26-11-13-27(14-12-26)30-19-20-31(33(37)23-30)28-15-17-29(18-16-28)32-21-22-34(40-2)36(39)35(32)38/h13,15-26H,3-12,14H2,1-2H3. The maximum absolute atomic E-state index is 15.3. The lowest BCUT2D eigenvalue weighted by Gasteiger charge is -2.35. The Labute approximate surface area is 237 Å². The second kappa shape index (κ2) is 13.1. The maximum Gasteiger partial charge on any atom is 0.201 e. The lowest BCUT2D eigenvalue weighted by Crippen LogP contribution is -2.23. The Morgan fingerprint density at radius 1 is 0.725 bits per heavy atom. The van der Waals surface area contributed by atoms with Crippen molar-refractivity contribution in [2.45, 2.75) is 77.6 Å². The van der Waals surface area contributed by atoms with E-state index in [9.17, 15) is 8.78 Å². The number of unbranched alkanes of at least 4 members (excludes halogenated alkanes) is 2. The first-order valence-corrected chi connectivity index (χ1v) is 15.1. The molecule has 0 amide bonds. The number of rotatable bonds is 9. The first kappa shape index (κ1) is 28.5. The van der Waals surface area contributed by atoms with Crippen molar-refractivity contribution in [2.75, 3.05) is 7.11 Å². The van der Waals surface area contributed by atoms with E-state index in [1.807, 2.05) is 12.1 Å². The highest BCUT2D eigenvalue weighted by Gasteiger charge is 2.28. The highest BCUT2D eigenvalue weighted by Crippen LogP contribution is 2.42. The highest BCUT2D eigenvalue weighted by atomic mass is 19.2. The van der Waals surface area contributed by atoms with Gasteiger partial charge in [-0.15, -0.1) is 0 Å². The average molecular weight is 547 g/mol. The van der Waals surface area contributed by atoms with Crippen LogP contribution < -0.4 is 4.74 Å². The third-order valence-electron chi connectivity index (χ3n) is 9.34. The van der Waals surface area contributed by atoms with E-state index in [0.717, 1.165) is 36.2 Å². The molecule has 0 bridgehead atoms. The highest BCUT2D eigenvalue weighted by molar-refractivity contribution is 5.74. The molecule has 0 aromatic heterocycles. The Kier molecular flexibility index (Phi) is 9.34. The van der Waals surface area contributed by atoms with Gasteiger partial charge in [0.25, 0.3) is 0 Å². The normalized spacial score (nSPS) is 21.2. The van der Waals surface area contributed by atoms with Crippen molar-refractivity contribution in [3.8, 4) is 28.0 Å². The number of benzene rings is 3. The predicted molar refractivity (Wildman–Crippen MR) is 159 cm³/mol. The Morgan fingerprint density at radius 2 is 1.40 bits per heavy atom. The smallest absolute Gasteiger partial charge is 0.201 e. The van der Waals surface area contributed by atoms with Gasteiger partial charge in [0.15, 0.2) is 11.6 Å². The number of ether oxygens (including phenoxy) is 1. The van der Waals surface area contributed by atoms with Gasteiger partial charge >= 0.3 is 0 Å². The Morgan fingerprint density at radius 3 is 2.02 bits per heavy atom. The SMILES string of the molecule is CCCCCC1CCC(C2CC=C(c3ccc(-c4ccc(-c5ccc(OC)c(F)c5F)cc4)c(F)c3)CC2)CC1. The largest absolute Gasteiger partial charge is 0.494 e. The van der Waals surface area contributed by atoms with Gasteiger partial charge in [0.1, 0.15) is 5.82 Å². The van der Waals surface area contributed by atoms with Gasteiger partial charge in [0.2, 0.25) is 5.82 Å². The van der Waals surface area contributed by atoms with Gasteiger partial charge in [0, 0.05) is 11.1 Å². The molecular formula is C36H41F3O. The zero-order valence-corrected chi connectivity index (χ0v) is 23.8. The molecule has 1 nitrogen and oxygen atoms in total. The molecule has 40 heavy (non-hydrogen) atoms. The summed E-state index contributed by atoms with van der Waals surface area (Å²) in [5, 5.41) is 0. The summed E-state index contributed by atoms with van der Waals surface area (Å²) >= 11 is 0. The maximum atomic E-state index is 15.3. The number of allylic oxidation sites excluding steroid dienone is 2. The van der Waals surface area contributed by atoms with Crippen LogP contribution in [0, 0.1) is 35.2 Å². The molecule has 3 aromatic carbocycles. The predicted octanol–water partition coefficient (Wildman–Crippen LogP) is 11.0. The second-order valence-corrected chi connectivity index (χ2v) is 11.8. The van der Waals surface area contributed by atoms with Gasteiger partial charge in [-0.05, 0) is 90.3 Å². The molecule has 4 heteroatoms. The van der Waals surface area contributed by atoms with E-state index in [0.29, 0.717) is 16.7 Å². The van der Waals surface area contributed by atoms with Gasteiger partial charge in [-0.3, -0.25) is 0 Å². The van der Waals surface area contributed by atoms with Crippen LogP contribution in [-0.4, -0.2) is 7.11 Å². The van der Waals surface area contributed by atoms with Crippen molar-refractivity contribution < 1.29 is 17.9 Å². The molecule has 5 rings (SSSR count). The van der Waals surface area contributed by atoms with E-state index >= 15 is 4.39 Å². The van der Waals surface area contributed by atoms with Crippen LogP contribution in [0.25, 0.3) is 27.8 Å². The number of hydrogen-bond donors (Lipinski definition) is 0. The molecule has 1 unspecified atom stereocenters. The van der Waals surface area contributed by atoms with E-state index in [-0.39, 0.29) is 17.1 Å². The van der Waals surface area contributed by atoms with Crippen LogP contribution in [-0.2, 0) is 0 Å². The van der Waals surface area contributed by atoms with Crippen molar-refractivity contribution in [1.29, 1.82) is 0 Å². The van der Waals surface area contributed by atoms with Crippen LogP contribution in [0.3, 0.4) is 0 Å². The minimum Gasteiger partial charge on any atom is -0.494 e. The fraction of sp³-hybridized carbons (Fsp3) is 0.444. The van der Waals surface area contributed by atoms with Gasteiger partial charge < -0.3 is 4.74 Å². The number of halogens is 3. The lowest BCUT2D eigenvalue weighted by atomic mass is 9.70. The van der Waals surface area contributed by atoms with Crippen LogP contribution in [0.1, 0.15) is 83.1 Å². The Balaban J connectivity index is 1.21. The van der Waals surface area contributed by atoms with Crippen molar-refractivity contribution in [1.82, 2.24) is 0 Å². The molecule has 3 aromatic rings. The summed E-state index contributed by atoms with van der Waals surface area (Å²) < 4.78 is 48.8. The molecular weight excluding hydrogens is 505 g/mol. The number of methoxy groups -OCH3 is 1. The fourth-order valence-corrected chi connectivity index (χ4v) is 6.87. The minimum absolute atomic E-state index is 0.135. The quantitative estimate of drug-likeness (QED) is 0.243. The Hall–Kier alpha value is -3.01. The van der Waals surface area contributed by atoms with Gasteiger partial charge in [-0.2, -0.15) is 4.39 Å². The fourth-order valence-electron chi connectivity index (χ4n) is 6.87. The summed E-state index contributed by atoms with van der Waals surface area (Å²) in [5.74, 6) is 0.194. The summed E-state index contributed by atoms with van der Waals surface area (Å²) in [7, 11) is 1.30. The molecule has 1 fully saturated rings. The summed E-state index contributed by atoms with van der Waals surface area (Å²) in [6.45, 7) is 2.28. The molecule has 0 spiro atoms. The molecule has 0 radical (unpaired) electrons. The van der Waals surface area contributed by atoms with Crippen LogP contribution in [0.2, 0.25) is 0 Å². The molecule has 1 saturated carbocycles. The second-order valence-electron chi connectivity index (χ2n) is 11.8. The lowest BCUT2D eigenvalue weighted by molar-refractivity contribution is 0.187. The molecule has 212 valence electrons. The topological polar surface area (TPSA) is 9.23 Å². The first-order valence-electron chi connectivity index (χ1n) is 15.1. The van der Waals surface area contributed by atoms with Gasteiger partial charge in [-0.25, -0.2) is 8.78 Å². The van der Waals surface area contributed by atoms with E-state index in [2.05, 4.69) is 13.0 Å². The third kappa shape index (κ3) is 6.32. The zero-order valence-electron chi connectivity index (χ0n) is 23.8. The van der Waals surface area contributed by atoms with Crippen LogP contribution >= 0.6 is 0 Å². The van der Waals surface area contributed by atoms with E-state index in [1.54, 1.807) is 30.3 Å². The van der Waals surface area contributed by atoms with Crippen LogP contribution in [0.4, 0.5) is 13.2 Å². The van der Waals surface area contributed by atoms with Crippen molar-refractivity contribution >= 4 is 5.57 Å². The summed E-state index contributed by atoms with van der Waals surface area (Å²) in [6.07, 6.45) is 16.7. The Bertz CT molecular complexity index is 1320. The molecule has 1 atom stereocenters. The molecule has 2 aliphatic rings. The molecule has 0 aliphatic heterocycles. The van der Waals surface area contributed by atoms with E-state index in [1.165, 1.54) is 82.6 Å². The number of hydrogen-bond acceptors (Lipinski definition) is 1. The summed E-state index contributed by atoms with van der Waals surface area (Å²) in [5.41, 5.74) is 4.08.